The van der Waals surface area contributed by atoms with Crippen molar-refractivity contribution >= 4 is 5.97 Å². The van der Waals surface area contributed by atoms with E-state index in [9.17, 15) is 4.79 Å². The van der Waals surface area contributed by atoms with E-state index >= 15 is 0 Å². The van der Waals surface area contributed by atoms with Gasteiger partial charge in [-0.25, -0.2) is 0 Å². The highest BCUT2D eigenvalue weighted by Gasteiger charge is 2.29. The topological polar surface area (TPSA) is 26.3 Å². The summed E-state index contributed by atoms with van der Waals surface area (Å²) in [5.41, 5.74) is 0.692. The van der Waals surface area contributed by atoms with Crippen LogP contribution in [0.1, 0.15) is 34.1 Å². The van der Waals surface area contributed by atoms with Gasteiger partial charge in [0.1, 0.15) is 0 Å². The SMILES string of the molecule is CCC(C)(C=C(C)C)C(=O)OC. The first-order valence-electron chi connectivity index (χ1n) is 4.20. The molecule has 0 rings (SSSR count). The molecular weight excluding hydrogens is 152 g/mol. The van der Waals surface area contributed by atoms with Gasteiger partial charge in [0.2, 0.25) is 0 Å². The molecule has 0 aromatic heterocycles. The molecule has 1 unspecified atom stereocenters. The average molecular weight is 170 g/mol. The molecule has 0 radical (unpaired) electrons. The summed E-state index contributed by atoms with van der Waals surface area (Å²) in [5.74, 6) is -0.161. The Labute approximate surface area is 74.6 Å². The molecule has 2 nitrogen and oxygen atoms in total. The summed E-state index contributed by atoms with van der Waals surface area (Å²) in [6.45, 7) is 7.84. The maximum absolute atomic E-state index is 11.3. The third kappa shape index (κ3) is 2.68. The lowest BCUT2D eigenvalue weighted by Crippen LogP contribution is -2.26. The van der Waals surface area contributed by atoms with Gasteiger partial charge in [-0.1, -0.05) is 18.6 Å². The van der Waals surface area contributed by atoms with Crippen molar-refractivity contribution < 1.29 is 9.53 Å². The van der Waals surface area contributed by atoms with Crippen LogP contribution < -0.4 is 0 Å². The van der Waals surface area contributed by atoms with Crippen molar-refractivity contribution in [3.8, 4) is 0 Å². The largest absolute Gasteiger partial charge is 0.468 e. The molecule has 0 aliphatic heterocycles. The number of hydrogen-bond acceptors (Lipinski definition) is 2. The third-order valence-electron chi connectivity index (χ3n) is 1.99. The van der Waals surface area contributed by atoms with Crippen LogP contribution in [0.3, 0.4) is 0 Å². The minimum atomic E-state index is -0.451. The highest BCUT2D eigenvalue weighted by atomic mass is 16.5. The van der Waals surface area contributed by atoms with Gasteiger partial charge < -0.3 is 4.74 Å². The van der Waals surface area contributed by atoms with Crippen LogP contribution in [0, 0.1) is 5.41 Å². The maximum atomic E-state index is 11.3. The number of methoxy groups -OCH3 is 1. The van der Waals surface area contributed by atoms with Gasteiger partial charge >= 0.3 is 5.97 Å². The molecule has 0 bridgehead atoms. The average Bonchev–Trinajstić information content (AvgIpc) is 2.01. The Balaban J connectivity index is 4.68. The fourth-order valence-corrected chi connectivity index (χ4v) is 1.18. The van der Waals surface area contributed by atoms with E-state index in [2.05, 4.69) is 0 Å². The van der Waals surface area contributed by atoms with E-state index in [1.54, 1.807) is 0 Å². The number of hydrogen-bond donors (Lipinski definition) is 0. The zero-order valence-corrected chi connectivity index (χ0v) is 8.60. The Morgan fingerprint density at radius 3 is 2.25 bits per heavy atom. The minimum absolute atomic E-state index is 0.161. The highest BCUT2D eigenvalue weighted by molar-refractivity contribution is 5.78. The first kappa shape index (κ1) is 11.2. The van der Waals surface area contributed by atoms with Crippen LogP contribution in [0.4, 0.5) is 0 Å². The van der Waals surface area contributed by atoms with Gasteiger partial charge in [0, 0.05) is 0 Å². The summed E-state index contributed by atoms with van der Waals surface area (Å²) >= 11 is 0. The predicted molar refractivity (Wildman–Crippen MR) is 49.8 cm³/mol. The lowest BCUT2D eigenvalue weighted by atomic mass is 9.86. The molecule has 0 aliphatic rings. The number of rotatable bonds is 3. The van der Waals surface area contributed by atoms with Gasteiger partial charge in [-0.15, -0.1) is 0 Å². The van der Waals surface area contributed by atoms with Gasteiger partial charge in [0.25, 0.3) is 0 Å². The van der Waals surface area contributed by atoms with Crippen LogP contribution in [-0.2, 0) is 9.53 Å². The van der Waals surface area contributed by atoms with Crippen molar-refractivity contribution in [3.63, 3.8) is 0 Å². The predicted octanol–water partition coefficient (Wildman–Crippen LogP) is 2.54. The highest BCUT2D eigenvalue weighted by Crippen LogP contribution is 2.25. The molecule has 0 saturated heterocycles. The van der Waals surface area contributed by atoms with Crippen LogP contribution in [0.25, 0.3) is 0 Å². The minimum Gasteiger partial charge on any atom is -0.468 e. The standard InChI is InChI=1S/C10H18O2/c1-6-10(4,7-8(2)3)9(11)12-5/h7H,6H2,1-5H3. The Morgan fingerprint density at radius 2 is 2.00 bits per heavy atom. The van der Waals surface area contributed by atoms with Gasteiger partial charge in [-0.05, 0) is 27.2 Å². The van der Waals surface area contributed by atoms with E-state index in [1.165, 1.54) is 7.11 Å². The number of allylic oxidation sites excluding steroid dienone is 1. The molecular formula is C10H18O2. The number of ether oxygens (including phenoxy) is 1. The van der Waals surface area contributed by atoms with Gasteiger partial charge in [-0.2, -0.15) is 0 Å². The monoisotopic (exact) mass is 170 g/mol. The summed E-state index contributed by atoms with van der Waals surface area (Å²) in [4.78, 5) is 11.3. The molecule has 2 heteroatoms. The molecule has 70 valence electrons. The number of carbonyl (C=O) groups is 1. The second-order valence-electron chi connectivity index (χ2n) is 3.48. The van der Waals surface area contributed by atoms with Gasteiger partial charge in [0.05, 0.1) is 12.5 Å². The fraction of sp³-hybridized carbons (Fsp3) is 0.700. The normalized spacial score (nSPS) is 14.8. The van der Waals surface area contributed by atoms with Gasteiger partial charge in [0.15, 0.2) is 0 Å². The molecule has 0 N–H and O–H groups in total. The zero-order valence-electron chi connectivity index (χ0n) is 8.60. The molecule has 0 aromatic carbocycles. The molecule has 0 amide bonds. The molecule has 0 heterocycles. The fourth-order valence-electron chi connectivity index (χ4n) is 1.18. The van der Waals surface area contributed by atoms with Crippen molar-refractivity contribution in [1.29, 1.82) is 0 Å². The molecule has 0 aliphatic carbocycles. The van der Waals surface area contributed by atoms with Crippen molar-refractivity contribution in [2.45, 2.75) is 34.1 Å². The molecule has 0 saturated carbocycles. The number of esters is 1. The number of carbonyl (C=O) groups excluding carboxylic acids is 1. The second-order valence-corrected chi connectivity index (χ2v) is 3.48. The van der Waals surface area contributed by atoms with E-state index in [-0.39, 0.29) is 5.97 Å². The van der Waals surface area contributed by atoms with Crippen molar-refractivity contribution in [1.82, 2.24) is 0 Å². The van der Waals surface area contributed by atoms with Crippen LogP contribution in [0.15, 0.2) is 11.6 Å². The van der Waals surface area contributed by atoms with Crippen LogP contribution in [0.2, 0.25) is 0 Å². The Kier molecular flexibility index (Phi) is 4.01. The summed E-state index contributed by atoms with van der Waals surface area (Å²) in [5, 5.41) is 0. The maximum Gasteiger partial charge on any atom is 0.315 e. The molecule has 1 atom stereocenters. The third-order valence-corrected chi connectivity index (χ3v) is 1.99. The lowest BCUT2D eigenvalue weighted by molar-refractivity contribution is -0.149. The lowest BCUT2D eigenvalue weighted by Gasteiger charge is -2.21. The molecule has 0 spiro atoms. The van der Waals surface area contributed by atoms with Crippen molar-refractivity contribution in [3.05, 3.63) is 11.6 Å². The van der Waals surface area contributed by atoms with E-state index in [0.29, 0.717) is 0 Å². The molecule has 0 fully saturated rings. The van der Waals surface area contributed by atoms with Crippen molar-refractivity contribution in [2.24, 2.45) is 5.41 Å². The summed E-state index contributed by atoms with van der Waals surface area (Å²) in [7, 11) is 1.43. The second kappa shape index (κ2) is 4.29. The summed E-state index contributed by atoms with van der Waals surface area (Å²) in [6.07, 6.45) is 2.73. The van der Waals surface area contributed by atoms with Crippen LogP contribution in [0.5, 0.6) is 0 Å². The zero-order chi connectivity index (χ0) is 9.78. The van der Waals surface area contributed by atoms with E-state index in [4.69, 9.17) is 4.74 Å². The molecule has 12 heavy (non-hydrogen) atoms. The first-order valence-corrected chi connectivity index (χ1v) is 4.20. The van der Waals surface area contributed by atoms with Crippen LogP contribution in [-0.4, -0.2) is 13.1 Å². The smallest absolute Gasteiger partial charge is 0.315 e. The van der Waals surface area contributed by atoms with Crippen molar-refractivity contribution in [2.75, 3.05) is 7.11 Å². The van der Waals surface area contributed by atoms with Gasteiger partial charge in [-0.3, -0.25) is 4.79 Å². The molecule has 0 aromatic rings. The quantitative estimate of drug-likeness (QED) is 0.480. The van der Waals surface area contributed by atoms with E-state index in [0.717, 1.165) is 12.0 Å². The Bertz CT molecular complexity index is 190. The van der Waals surface area contributed by atoms with Crippen LogP contribution >= 0.6 is 0 Å². The van der Waals surface area contributed by atoms with E-state index in [1.807, 2.05) is 33.8 Å². The summed E-state index contributed by atoms with van der Waals surface area (Å²) < 4.78 is 4.72. The summed E-state index contributed by atoms with van der Waals surface area (Å²) in [6, 6.07) is 0. The van der Waals surface area contributed by atoms with E-state index < -0.39 is 5.41 Å². The Morgan fingerprint density at radius 1 is 1.50 bits per heavy atom. The Hall–Kier alpha value is -0.790. The first-order chi connectivity index (χ1) is 5.46.